The molecule has 0 aliphatic carbocycles. The summed E-state index contributed by atoms with van der Waals surface area (Å²) in [6, 6.07) is 0. The minimum atomic E-state index is -4.41. The third-order valence-corrected chi connectivity index (χ3v) is 11.6. The van der Waals surface area contributed by atoms with Crippen molar-refractivity contribution in [3.63, 3.8) is 0 Å². The minimum Gasteiger partial charge on any atom is -0.462 e. The monoisotopic (exact) mass is 909 g/mol. The Labute approximate surface area is 386 Å². The van der Waals surface area contributed by atoms with E-state index in [0.717, 1.165) is 51.4 Å². The Morgan fingerprint density at radius 3 is 1.56 bits per heavy atom. The standard InChI is InChI=1S/C52H94NO9P/c1-6-8-9-10-11-12-13-14-15-16-17-18-19-20-21-24-27-30-33-36-39-43-51(55)59-47-50(48-61-63(57,58)60-46-45-53(3,4)5)62-52(56)44-40-37-34-31-28-25-22-23-26-29-32-35-38-42-49(54)41-7-2/h14-15,22,25-26,29,31,34-35,38,49-50,54H,6-13,16-21,23-24,27-28,30,32-33,36-37,39-48H2,1-5H3/p+1/b15-14-,25-22-,29-26-,34-31-,38-35-/t49?,50-/m1/s1. The molecule has 0 saturated heterocycles. The fourth-order valence-electron chi connectivity index (χ4n) is 6.66. The fraction of sp³-hybridized carbons (Fsp3) is 0.769. The average Bonchev–Trinajstić information content (AvgIpc) is 3.23. The lowest BCUT2D eigenvalue weighted by Crippen LogP contribution is -2.37. The summed E-state index contributed by atoms with van der Waals surface area (Å²) in [5.74, 6) is -0.884. The van der Waals surface area contributed by atoms with E-state index in [2.05, 4.69) is 62.5 Å². The molecule has 0 saturated carbocycles. The number of aliphatic hydroxyl groups is 1. The van der Waals surface area contributed by atoms with Crippen molar-refractivity contribution < 1.29 is 47.2 Å². The van der Waals surface area contributed by atoms with Crippen molar-refractivity contribution in [1.29, 1.82) is 0 Å². The van der Waals surface area contributed by atoms with Crippen molar-refractivity contribution in [1.82, 2.24) is 0 Å². The van der Waals surface area contributed by atoms with Crippen LogP contribution < -0.4 is 0 Å². The quantitative estimate of drug-likeness (QED) is 0.0202. The molecule has 0 radical (unpaired) electrons. The zero-order valence-corrected chi connectivity index (χ0v) is 41.8. The van der Waals surface area contributed by atoms with Gasteiger partial charge in [-0.15, -0.1) is 0 Å². The lowest BCUT2D eigenvalue weighted by Gasteiger charge is -2.24. The lowest BCUT2D eigenvalue weighted by atomic mass is 10.0. The molecule has 11 heteroatoms. The van der Waals surface area contributed by atoms with Crippen LogP contribution >= 0.6 is 7.82 Å². The van der Waals surface area contributed by atoms with Gasteiger partial charge in [0.1, 0.15) is 19.8 Å². The van der Waals surface area contributed by atoms with Gasteiger partial charge in [0, 0.05) is 12.8 Å². The molecule has 2 N–H and O–H groups in total. The zero-order chi connectivity index (χ0) is 46.5. The Morgan fingerprint density at radius 1 is 0.556 bits per heavy atom. The summed E-state index contributed by atoms with van der Waals surface area (Å²) in [6.07, 6.45) is 50.6. The van der Waals surface area contributed by atoms with Crippen LogP contribution in [0.2, 0.25) is 0 Å². The average molecular weight is 909 g/mol. The first-order valence-corrected chi connectivity index (χ1v) is 26.6. The number of phosphoric acid groups is 1. The molecule has 3 atom stereocenters. The molecule has 10 nitrogen and oxygen atoms in total. The number of allylic oxidation sites excluding steroid dienone is 9. The number of rotatable bonds is 45. The van der Waals surface area contributed by atoms with E-state index in [1.807, 2.05) is 33.3 Å². The highest BCUT2D eigenvalue weighted by Gasteiger charge is 2.27. The molecule has 0 heterocycles. The number of aliphatic hydroxyl groups excluding tert-OH is 1. The number of unbranched alkanes of at least 4 members (excludes halogenated alkanes) is 18. The predicted molar refractivity (Wildman–Crippen MR) is 262 cm³/mol. The van der Waals surface area contributed by atoms with Crippen molar-refractivity contribution >= 4 is 19.8 Å². The van der Waals surface area contributed by atoms with Gasteiger partial charge in [-0.2, -0.15) is 0 Å². The predicted octanol–water partition coefficient (Wildman–Crippen LogP) is 13.8. The Hall–Kier alpha value is -2.33. The summed E-state index contributed by atoms with van der Waals surface area (Å²) in [6.45, 7) is 4.15. The molecule has 2 unspecified atom stereocenters. The van der Waals surface area contributed by atoms with E-state index in [0.29, 0.717) is 30.3 Å². The molecule has 0 aliphatic rings. The van der Waals surface area contributed by atoms with Crippen molar-refractivity contribution in [3.8, 4) is 0 Å². The highest BCUT2D eigenvalue weighted by molar-refractivity contribution is 7.47. The first-order chi connectivity index (χ1) is 30.4. The van der Waals surface area contributed by atoms with Crippen LogP contribution in [-0.4, -0.2) is 86.1 Å². The van der Waals surface area contributed by atoms with Gasteiger partial charge in [-0.25, -0.2) is 4.57 Å². The number of hydrogen-bond donors (Lipinski definition) is 2. The summed E-state index contributed by atoms with van der Waals surface area (Å²) < 4.78 is 34.3. The van der Waals surface area contributed by atoms with Gasteiger partial charge >= 0.3 is 19.8 Å². The SMILES string of the molecule is CCCCCCCC/C=C\CCCCCCCCCCCCCC(=O)OC[C@H](COP(=O)(O)OCC[N+](C)(C)C)OC(=O)CCC/C=C\C/C=C\C/C=C\C/C=C\CC(O)CCC. The van der Waals surface area contributed by atoms with E-state index in [9.17, 15) is 24.2 Å². The van der Waals surface area contributed by atoms with Crippen molar-refractivity contribution in [2.75, 3.05) is 47.5 Å². The number of esters is 2. The molecule has 0 aromatic rings. The number of hydrogen-bond acceptors (Lipinski definition) is 8. The molecule has 63 heavy (non-hydrogen) atoms. The molecule has 366 valence electrons. The first kappa shape index (κ1) is 60.7. The zero-order valence-electron chi connectivity index (χ0n) is 40.9. The minimum absolute atomic E-state index is 0.0128. The number of likely N-dealkylation sites (N-methyl/N-ethyl adjacent to an activating group) is 1. The van der Waals surface area contributed by atoms with Crippen LogP contribution in [0.3, 0.4) is 0 Å². The summed E-state index contributed by atoms with van der Waals surface area (Å²) in [4.78, 5) is 35.5. The highest BCUT2D eigenvalue weighted by Crippen LogP contribution is 2.43. The van der Waals surface area contributed by atoms with Crippen LogP contribution in [0.25, 0.3) is 0 Å². The molecule has 0 bridgehead atoms. The second-order valence-electron chi connectivity index (χ2n) is 18.0. The summed E-state index contributed by atoms with van der Waals surface area (Å²) >= 11 is 0. The molecular formula is C52H95NO9P+. The van der Waals surface area contributed by atoms with Gasteiger partial charge in [-0.1, -0.05) is 171 Å². The van der Waals surface area contributed by atoms with Crippen LogP contribution in [-0.2, 0) is 32.7 Å². The third-order valence-electron chi connectivity index (χ3n) is 10.6. The maximum absolute atomic E-state index is 12.7. The molecule has 0 aromatic heterocycles. The second kappa shape index (κ2) is 43.6. The van der Waals surface area contributed by atoms with E-state index in [1.165, 1.54) is 103 Å². The summed E-state index contributed by atoms with van der Waals surface area (Å²) in [5, 5.41) is 9.75. The van der Waals surface area contributed by atoms with E-state index < -0.39 is 32.5 Å². The maximum atomic E-state index is 12.7. The van der Waals surface area contributed by atoms with Gasteiger partial charge in [0.05, 0.1) is 33.9 Å². The normalized spacial score (nSPS) is 14.5. The highest BCUT2D eigenvalue weighted by atomic mass is 31.2. The molecule has 0 fully saturated rings. The second-order valence-corrected chi connectivity index (χ2v) is 19.5. The lowest BCUT2D eigenvalue weighted by molar-refractivity contribution is -0.870. The van der Waals surface area contributed by atoms with Crippen molar-refractivity contribution in [3.05, 3.63) is 60.8 Å². The van der Waals surface area contributed by atoms with Gasteiger partial charge in [-0.05, 0) is 77.0 Å². The Kier molecular flexibility index (Phi) is 41.9. The number of carbonyl (C=O) groups excluding carboxylic acids is 2. The molecular weight excluding hydrogens is 814 g/mol. The smallest absolute Gasteiger partial charge is 0.462 e. The summed E-state index contributed by atoms with van der Waals surface area (Å²) in [7, 11) is 1.41. The van der Waals surface area contributed by atoms with Crippen LogP contribution in [0, 0.1) is 0 Å². The number of nitrogens with zero attached hydrogens (tertiary/aromatic N) is 1. The molecule has 0 aliphatic heterocycles. The van der Waals surface area contributed by atoms with Gasteiger partial charge in [0.25, 0.3) is 0 Å². The Morgan fingerprint density at radius 2 is 1.02 bits per heavy atom. The topological polar surface area (TPSA) is 129 Å². The van der Waals surface area contributed by atoms with Crippen LogP contribution in [0.4, 0.5) is 0 Å². The van der Waals surface area contributed by atoms with Crippen molar-refractivity contribution in [2.45, 2.75) is 212 Å². The van der Waals surface area contributed by atoms with Crippen LogP contribution in [0.15, 0.2) is 60.8 Å². The van der Waals surface area contributed by atoms with Crippen LogP contribution in [0.5, 0.6) is 0 Å². The molecule has 0 aromatic carbocycles. The number of ether oxygens (including phenoxy) is 2. The largest absolute Gasteiger partial charge is 0.472 e. The van der Waals surface area contributed by atoms with Gasteiger partial charge in [0.2, 0.25) is 0 Å². The van der Waals surface area contributed by atoms with E-state index in [4.69, 9.17) is 18.5 Å². The molecule has 0 amide bonds. The third kappa shape index (κ3) is 47.5. The number of phosphoric ester groups is 1. The Bertz CT molecular complexity index is 1270. The van der Waals surface area contributed by atoms with E-state index in [-0.39, 0.29) is 32.2 Å². The molecule has 0 spiro atoms. The van der Waals surface area contributed by atoms with Crippen molar-refractivity contribution in [2.24, 2.45) is 0 Å². The maximum Gasteiger partial charge on any atom is 0.472 e. The number of carbonyl (C=O) groups is 2. The van der Waals surface area contributed by atoms with Gasteiger partial charge < -0.3 is 24.0 Å². The van der Waals surface area contributed by atoms with E-state index >= 15 is 0 Å². The Balaban J connectivity index is 4.35. The fourth-order valence-corrected chi connectivity index (χ4v) is 7.41. The van der Waals surface area contributed by atoms with E-state index in [1.54, 1.807) is 0 Å². The summed E-state index contributed by atoms with van der Waals surface area (Å²) in [5.41, 5.74) is 0. The number of quaternary nitrogens is 1. The first-order valence-electron chi connectivity index (χ1n) is 25.1. The molecule has 0 rings (SSSR count). The van der Waals surface area contributed by atoms with Gasteiger partial charge in [0.15, 0.2) is 6.10 Å². The van der Waals surface area contributed by atoms with Gasteiger partial charge in [-0.3, -0.25) is 18.6 Å². The van der Waals surface area contributed by atoms with Crippen LogP contribution in [0.1, 0.15) is 200 Å².